The number of rotatable bonds is 4. The van der Waals surface area contributed by atoms with Gasteiger partial charge in [-0.25, -0.2) is 4.39 Å². The lowest BCUT2D eigenvalue weighted by Gasteiger charge is -2.23. The van der Waals surface area contributed by atoms with Crippen LogP contribution in [-0.4, -0.2) is 10.9 Å². The molecule has 0 radical (unpaired) electrons. The SMILES string of the molecule is O=C(N[C@@H](c1ccc(F)cc1)c1ccccn1)[C@H]1C[C@H]2C=C[C@H]1C2. The molecule has 1 fully saturated rings. The highest BCUT2D eigenvalue weighted by atomic mass is 19.1. The van der Waals surface area contributed by atoms with Gasteiger partial charge in [0.1, 0.15) is 5.82 Å². The molecule has 2 aliphatic rings. The van der Waals surface area contributed by atoms with E-state index in [-0.39, 0.29) is 23.7 Å². The van der Waals surface area contributed by atoms with E-state index in [4.69, 9.17) is 0 Å². The molecule has 0 saturated heterocycles. The van der Waals surface area contributed by atoms with Crippen molar-refractivity contribution in [1.29, 1.82) is 0 Å². The number of hydrogen-bond acceptors (Lipinski definition) is 2. The number of amides is 1. The second-order valence-corrected chi connectivity index (χ2v) is 6.63. The zero-order valence-corrected chi connectivity index (χ0v) is 13.2. The first-order valence-corrected chi connectivity index (χ1v) is 8.36. The van der Waals surface area contributed by atoms with Gasteiger partial charge in [-0.2, -0.15) is 0 Å². The number of nitrogens with zero attached hydrogens (tertiary/aromatic N) is 1. The van der Waals surface area contributed by atoms with E-state index in [0.29, 0.717) is 11.8 Å². The Morgan fingerprint density at radius 2 is 1.96 bits per heavy atom. The number of pyridine rings is 1. The standard InChI is InChI=1S/C20H19FN2O/c21-16-8-6-14(7-9-16)19(18-3-1-2-10-22-18)23-20(24)17-12-13-4-5-15(17)11-13/h1-10,13,15,17,19H,11-12H2,(H,23,24)/t13-,15-,17-,19-/m0/s1. The molecule has 0 unspecified atom stereocenters. The Balaban J connectivity index is 1.60. The molecular weight excluding hydrogens is 303 g/mol. The van der Waals surface area contributed by atoms with Gasteiger partial charge in [0, 0.05) is 12.1 Å². The van der Waals surface area contributed by atoms with Gasteiger partial charge in [-0.3, -0.25) is 9.78 Å². The summed E-state index contributed by atoms with van der Waals surface area (Å²) in [6.45, 7) is 0. The van der Waals surface area contributed by atoms with E-state index in [9.17, 15) is 9.18 Å². The monoisotopic (exact) mass is 322 g/mol. The molecule has 4 rings (SSSR count). The number of halogens is 1. The second-order valence-electron chi connectivity index (χ2n) is 6.63. The molecule has 122 valence electrons. The van der Waals surface area contributed by atoms with Crippen molar-refractivity contribution >= 4 is 5.91 Å². The van der Waals surface area contributed by atoms with E-state index >= 15 is 0 Å². The minimum Gasteiger partial charge on any atom is -0.343 e. The number of hydrogen-bond donors (Lipinski definition) is 1. The third kappa shape index (κ3) is 2.84. The van der Waals surface area contributed by atoms with Crippen molar-refractivity contribution in [1.82, 2.24) is 10.3 Å². The van der Waals surface area contributed by atoms with Crippen LogP contribution < -0.4 is 5.32 Å². The summed E-state index contributed by atoms with van der Waals surface area (Å²) in [7, 11) is 0. The number of fused-ring (bicyclic) bond motifs is 2. The van der Waals surface area contributed by atoms with Crippen LogP contribution in [-0.2, 0) is 4.79 Å². The summed E-state index contributed by atoms with van der Waals surface area (Å²) in [5.74, 6) is 0.707. The number of benzene rings is 1. The number of nitrogens with one attached hydrogen (secondary N) is 1. The van der Waals surface area contributed by atoms with Crippen LogP contribution in [0.1, 0.15) is 30.1 Å². The molecule has 0 spiro atoms. The number of aromatic nitrogens is 1. The van der Waals surface area contributed by atoms with Crippen LogP contribution in [0.25, 0.3) is 0 Å². The second kappa shape index (κ2) is 6.19. The highest BCUT2D eigenvalue weighted by Gasteiger charge is 2.40. The number of carbonyl (C=O) groups is 1. The highest BCUT2D eigenvalue weighted by molar-refractivity contribution is 5.80. The van der Waals surface area contributed by atoms with Gasteiger partial charge in [0.2, 0.25) is 5.91 Å². The summed E-state index contributed by atoms with van der Waals surface area (Å²) in [6, 6.07) is 11.5. The summed E-state index contributed by atoms with van der Waals surface area (Å²) >= 11 is 0. The van der Waals surface area contributed by atoms with Gasteiger partial charge in [0.25, 0.3) is 0 Å². The van der Waals surface area contributed by atoms with Gasteiger partial charge in [-0.1, -0.05) is 30.4 Å². The molecule has 0 aliphatic heterocycles. The first-order valence-electron chi connectivity index (χ1n) is 8.36. The van der Waals surface area contributed by atoms with Crippen molar-refractivity contribution in [2.45, 2.75) is 18.9 Å². The van der Waals surface area contributed by atoms with Crippen molar-refractivity contribution in [2.24, 2.45) is 17.8 Å². The molecule has 4 atom stereocenters. The Bertz CT molecular complexity index is 757. The first-order chi connectivity index (χ1) is 11.7. The smallest absolute Gasteiger partial charge is 0.224 e. The van der Waals surface area contributed by atoms with E-state index in [1.54, 1.807) is 18.3 Å². The predicted octanol–water partition coefficient (Wildman–Crippen LogP) is 3.64. The van der Waals surface area contributed by atoms with E-state index in [1.807, 2.05) is 18.2 Å². The van der Waals surface area contributed by atoms with E-state index < -0.39 is 0 Å². The Kier molecular flexibility index (Phi) is 3.89. The Hall–Kier alpha value is -2.49. The minimum absolute atomic E-state index is 0.0339. The first kappa shape index (κ1) is 15.1. The van der Waals surface area contributed by atoms with Gasteiger partial charge in [-0.15, -0.1) is 0 Å². The fraction of sp³-hybridized carbons (Fsp3) is 0.300. The van der Waals surface area contributed by atoms with E-state index in [2.05, 4.69) is 22.5 Å². The van der Waals surface area contributed by atoms with Crippen LogP contribution in [0.15, 0.2) is 60.8 Å². The molecule has 1 aromatic heterocycles. The Morgan fingerprint density at radius 1 is 1.12 bits per heavy atom. The number of carbonyl (C=O) groups excluding carboxylic acids is 1. The van der Waals surface area contributed by atoms with Crippen LogP contribution in [0.2, 0.25) is 0 Å². The van der Waals surface area contributed by atoms with Crippen LogP contribution >= 0.6 is 0 Å². The third-order valence-corrected chi connectivity index (χ3v) is 5.09. The fourth-order valence-electron chi connectivity index (χ4n) is 3.86. The van der Waals surface area contributed by atoms with Crippen molar-refractivity contribution in [2.75, 3.05) is 0 Å². The highest BCUT2D eigenvalue weighted by Crippen LogP contribution is 2.43. The summed E-state index contributed by atoms with van der Waals surface area (Å²) < 4.78 is 13.3. The fourth-order valence-corrected chi connectivity index (χ4v) is 3.86. The quantitative estimate of drug-likeness (QED) is 0.873. The zero-order chi connectivity index (χ0) is 16.5. The van der Waals surface area contributed by atoms with E-state index in [1.165, 1.54) is 12.1 Å². The molecule has 1 saturated carbocycles. The molecule has 1 heterocycles. The third-order valence-electron chi connectivity index (χ3n) is 5.09. The maximum Gasteiger partial charge on any atom is 0.224 e. The van der Waals surface area contributed by atoms with Crippen molar-refractivity contribution in [3.05, 3.63) is 77.9 Å². The molecule has 1 amide bonds. The molecule has 2 aliphatic carbocycles. The maximum absolute atomic E-state index is 13.3. The van der Waals surface area contributed by atoms with Gasteiger partial charge >= 0.3 is 0 Å². The topological polar surface area (TPSA) is 42.0 Å². The lowest BCUT2D eigenvalue weighted by Crippen LogP contribution is -2.36. The Labute approximate surface area is 140 Å². The lowest BCUT2D eigenvalue weighted by molar-refractivity contribution is -0.126. The van der Waals surface area contributed by atoms with Crippen LogP contribution in [0.4, 0.5) is 4.39 Å². The Morgan fingerprint density at radius 3 is 2.58 bits per heavy atom. The van der Waals surface area contributed by atoms with Crippen molar-refractivity contribution in [3.63, 3.8) is 0 Å². The van der Waals surface area contributed by atoms with Crippen LogP contribution in [0.5, 0.6) is 0 Å². The molecule has 1 aromatic carbocycles. The summed E-state index contributed by atoms with van der Waals surface area (Å²) in [5.41, 5.74) is 1.60. The maximum atomic E-state index is 13.3. The van der Waals surface area contributed by atoms with E-state index in [0.717, 1.165) is 24.1 Å². The summed E-state index contributed by atoms with van der Waals surface area (Å²) in [5, 5.41) is 3.14. The van der Waals surface area contributed by atoms with Gasteiger partial charge in [-0.05, 0) is 54.5 Å². The average Bonchev–Trinajstić information content (AvgIpc) is 3.24. The summed E-state index contributed by atoms with van der Waals surface area (Å²) in [4.78, 5) is 17.2. The molecule has 3 nitrogen and oxygen atoms in total. The molecule has 2 aromatic rings. The van der Waals surface area contributed by atoms with Crippen LogP contribution in [0.3, 0.4) is 0 Å². The predicted molar refractivity (Wildman–Crippen MR) is 89.5 cm³/mol. The molecule has 2 bridgehead atoms. The normalized spacial score (nSPS) is 25.6. The molecule has 24 heavy (non-hydrogen) atoms. The number of allylic oxidation sites excluding steroid dienone is 2. The van der Waals surface area contributed by atoms with Gasteiger partial charge < -0.3 is 5.32 Å². The van der Waals surface area contributed by atoms with Crippen molar-refractivity contribution in [3.8, 4) is 0 Å². The van der Waals surface area contributed by atoms with Crippen molar-refractivity contribution < 1.29 is 9.18 Å². The molecule has 4 heteroatoms. The lowest BCUT2D eigenvalue weighted by atomic mass is 9.92. The molecular formula is C20H19FN2O. The minimum atomic E-state index is -0.359. The zero-order valence-electron chi connectivity index (χ0n) is 13.2. The average molecular weight is 322 g/mol. The van der Waals surface area contributed by atoms with Gasteiger partial charge in [0.05, 0.1) is 11.7 Å². The molecule has 1 N–H and O–H groups in total. The van der Waals surface area contributed by atoms with Crippen LogP contribution in [0, 0.1) is 23.6 Å². The van der Waals surface area contributed by atoms with Gasteiger partial charge in [0.15, 0.2) is 0 Å². The largest absolute Gasteiger partial charge is 0.343 e. The summed E-state index contributed by atoms with van der Waals surface area (Å²) in [6.07, 6.45) is 8.11.